The number of esters is 1. The van der Waals surface area contributed by atoms with Gasteiger partial charge in [0.1, 0.15) is 0 Å². The SMILES string of the molecule is Cc1ccc(S(=O)(=O)c2c(C)nn(-c3ccccc3)c2OC(=O)C(C)C)cc1. The first-order valence-corrected chi connectivity index (χ1v) is 10.4. The van der Waals surface area contributed by atoms with Crippen LogP contribution < -0.4 is 4.74 Å². The Labute approximate surface area is 164 Å². The van der Waals surface area contributed by atoms with Crippen molar-refractivity contribution in [2.75, 3.05) is 0 Å². The zero-order valence-corrected chi connectivity index (χ0v) is 17.0. The van der Waals surface area contributed by atoms with Crippen molar-refractivity contribution in [1.82, 2.24) is 9.78 Å². The number of carbonyl (C=O) groups is 1. The van der Waals surface area contributed by atoms with Gasteiger partial charge in [0.25, 0.3) is 0 Å². The Morgan fingerprint density at radius 3 is 2.18 bits per heavy atom. The average molecular weight is 398 g/mol. The van der Waals surface area contributed by atoms with Crippen LogP contribution in [-0.2, 0) is 14.6 Å². The lowest BCUT2D eigenvalue weighted by atomic mass is 10.2. The molecular weight excluding hydrogens is 376 g/mol. The van der Waals surface area contributed by atoms with Crippen molar-refractivity contribution in [3.8, 4) is 11.6 Å². The van der Waals surface area contributed by atoms with Gasteiger partial charge in [-0.1, -0.05) is 49.7 Å². The fraction of sp³-hybridized carbons (Fsp3) is 0.238. The Balaban J connectivity index is 2.24. The molecule has 0 amide bonds. The van der Waals surface area contributed by atoms with E-state index in [0.29, 0.717) is 5.69 Å². The maximum absolute atomic E-state index is 13.3. The van der Waals surface area contributed by atoms with Gasteiger partial charge < -0.3 is 4.74 Å². The van der Waals surface area contributed by atoms with E-state index in [2.05, 4.69) is 5.10 Å². The van der Waals surface area contributed by atoms with Crippen molar-refractivity contribution < 1.29 is 17.9 Å². The first kappa shape index (κ1) is 19.8. The van der Waals surface area contributed by atoms with Gasteiger partial charge in [-0.25, -0.2) is 8.42 Å². The minimum atomic E-state index is -3.94. The summed E-state index contributed by atoms with van der Waals surface area (Å²) < 4.78 is 33.6. The van der Waals surface area contributed by atoms with Crippen LogP contribution in [0.25, 0.3) is 5.69 Å². The monoisotopic (exact) mass is 398 g/mol. The van der Waals surface area contributed by atoms with E-state index in [1.54, 1.807) is 57.2 Å². The van der Waals surface area contributed by atoms with Crippen molar-refractivity contribution in [2.45, 2.75) is 37.5 Å². The van der Waals surface area contributed by atoms with E-state index >= 15 is 0 Å². The highest BCUT2D eigenvalue weighted by Gasteiger charge is 2.32. The number of rotatable bonds is 5. The molecule has 0 spiro atoms. The number of carbonyl (C=O) groups excluding carboxylic acids is 1. The molecule has 0 saturated heterocycles. The minimum Gasteiger partial charge on any atom is -0.406 e. The zero-order valence-electron chi connectivity index (χ0n) is 16.2. The van der Waals surface area contributed by atoms with Crippen LogP contribution in [0.5, 0.6) is 5.88 Å². The Morgan fingerprint density at radius 1 is 1.00 bits per heavy atom. The lowest BCUT2D eigenvalue weighted by Crippen LogP contribution is -2.18. The van der Waals surface area contributed by atoms with Crippen LogP contribution in [0.4, 0.5) is 0 Å². The van der Waals surface area contributed by atoms with E-state index in [0.717, 1.165) is 5.56 Å². The van der Waals surface area contributed by atoms with Gasteiger partial charge in [0.2, 0.25) is 15.7 Å². The molecule has 3 rings (SSSR count). The zero-order chi connectivity index (χ0) is 20.5. The Bertz CT molecular complexity index is 1100. The summed E-state index contributed by atoms with van der Waals surface area (Å²) in [7, 11) is -3.94. The molecule has 146 valence electrons. The molecule has 0 atom stereocenters. The van der Waals surface area contributed by atoms with Gasteiger partial charge in [0.15, 0.2) is 4.90 Å². The third-order valence-electron chi connectivity index (χ3n) is 4.23. The summed E-state index contributed by atoms with van der Waals surface area (Å²) in [6, 6.07) is 15.5. The summed E-state index contributed by atoms with van der Waals surface area (Å²) in [4.78, 5) is 12.3. The van der Waals surface area contributed by atoms with Gasteiger partial charge in [-0.3, -0.25) is 4.79 Å². The van der Waals surface area contributed by atoms with Crippen molar-refractivity contribution in [1.29, 1.82) is 0 Å². The number of benzene rings is 2. The molecule has 2 aromatic carbocycles. The summed E-state index contributed by atoms with van der Waals surface area (Å²) >= 11 is 0. The number of ether oxygens (including phenoxy) is 1. The van der Waals surface area contributed by atoms with E-state index in [1.807, 2.05) is 13.0 Å². The number of aryl methyl sites for hydroxylation is 2. The molecule has 0 N–H and O–H groups in total. The first-order valence-electron chi connectivity index (χ1n) is 8.90. The standard InChI is InChI=1S/C21H22N2O4S/c1-14(2)21(24)27-20-19(28(25,26)18-12-10-15(3)11-13-18)16(4)22-23(20)17-8-6-5-7-9-17/h5-14H,1-4H3. The highest BCUT2D eigenvalue weighted by molar-refractivity contribution is 7.91. The van der Waals surface area contributed by atoms with Crippen LogP contribution in [0.1, 0.15) is 25.1 Å². The van der Waals surface area contributed by atoms with E-state index in [4.69, 9.17) is 4.74 Å². The van der Waals surface area contributed by atoms with Gasteiger partial charge in [0, 0.05) is 0 Å². The number of hydrogen-bond donors (Lipinski definition) is 0. The fourth-order valence-electron chi connectivity index (χ4n) is 2.68. The molecule has 7 heteroatoms. The highest BCUT2D eigenvalue weighted by Crippen LogP contribution is 2.35. The second kappa shape index (κ2) is 7.59. The van der Waals surface area contributed by atoms with Gasteiger partial charge in [-0.2, -0.15) is 9.78 Å². The first-order chi connectivity index (χ1) is 13.2. The fourth-order valence-corrected chi connectivity index (χ4v) is 4.20. The molecule has 0 radical (unpaired) electrons. The molecule has 0 unspecified atom stereocenters. The van der Waals surface area contributed by atoms with Gasteiger partial charge >= 0.3 is 5.97 Å². The number of sulfone groups is 1. The summed E-state index contributed by atoms with van der Waals surface area (Å²) in [5, 5.41) is 4.36. The number of aromatic nitrogens is 2. The van der Waals surface area contributed by atoms with E-state index in [-0.39, 0.29) is 21.4 Å². The quantitative estimate of drug-likeness (QED) is 0.610. The van der Waals surface area contributed by atoms with Crippen LogP contribution in [0, 0.1) is 19.8 Å². The van der Waals surface area contributed by atoms with Crippen molar-refractivity contribution in [2.24, 2.45) is 5.92 Å². The summed E-state index contributed by atoms with van der Waals surface area (Å²) in [6.45, 7) is 6.84. The third-order valence-corrected chi connectivity index (χ3v) is 6.13. The van der Waals surface area contributed by atoms with Gasteiger partial charge in [0.05, 0.1) is 22.2 Å². The molecule has 0 saturated carbocycles. The van der Waals surface area contributed by atoms with Crippen LogP contribution in [0.2, 0.25) is 0 Å². The molecular formula is C21H22N2O4S. The largest absolute Gasteiger partial charge is 0.406 e. The van der Waals surface area contributed by atoms with Crippen molar-refractivity contribution >= 4 is 15.8 Å². The maximum Gasteiger partial charge on any atom is 0.315 e. The molecule has 0 bridgehead atoms. The van der Waals surface area contributed by atoms with Crippen molar-refractivity contribution in [3.05, 3.63) is 65.9 Å². The van der Waals surface area contributed by atoms with Crippen LogP contribution in [-0.4, -0.2) is 24.2 Å². The molecule has 0 aliphatic heterocycles. The number of nitrogens with zero attached hydrogens (tertiary/aromatic N) is 2. The topological polar surface area (TPSA) is 78.3 Å². The average Bonchev–Trinajstić information content (AvgIpc) is 2.99. The van der Waals surface area contributed by atoms with Gasteiger partial charge in [-0.15, -0.1) is 0 Å². The lowest BCUT2D eigenvalue weighted by Gasteiger charge is -2.12. The summed E-state index contributed by atoms with van der Waals surface area (Å²) in [5.41, 5.74) is 1.81. The molecule has 6 nitrogen and oxygen atoms in total. The van der Waals surface area contributed by atoms with E-state index in [9.17, 15) is 13.2 Å². The second-order valence-electron chi connectivity index (χ2n) is 6.86. The number of para-hydroxylation sites is 1. The molecule has 28 heavy (non-hydrogen) atoms. The van der Waals surface area contributed by atoms with Crippen molar-refractivity contribution in [3.63, 3.8) is 0 Å². The van der Waals surface area contributed by atoms with Crippen LogP contribution in [0.3, 0.4) is 0 Å². The Kier molecular flexibility index (Phi) is 5.38. The Hall–Kier alpha value is -2.93. The third kappa shape index (κ3) is 3.71. The minimum absolute atomic E-state index is 0.0945. The Morgan fingerprint density at radius 2 is 1.61 bits per heavy atom. The second-order valence-corrected chi connectivity index (χ2v) is 8.75. The molecule has 1 heterocycles. The smallest absolute Gasteiger partial charge is 0.315 e. The predicted molar refractivity (Wildman–Crippen MR) is 105 cm³/mol. The van der Waals surface area contributed by atoms with Crippen LogP contribution in [0.15, 0.2) is 64.4 Å². The normalized spacial score (nSPS) is 11.6. The van der Waals surface area contributed by atoms with E-state index in [1.165, 1.54) is 16.8 Å². The van der Waals surface area contributed by atoms with E-state index < -0.39 is 21.7 Å². The molecule has 3 aromatic rings. The molecule has 0 fully saturated rings. The highest BCUT2D eigenvalue weighted by atomic mass is 32.2. The van der Waals surface area contributed by atoms with Gasteiger partial charge in [-0.05, 0) is 38.1 Å². The molecule has 1 aromatic heterocycles. The van der Waals surface area contributed by atoms with Crippen LogP contribution >= 0.6 is 0 Å². The molecule has 0 aliphatic rings. The maximum atomic E-state index is 13.3. The lowest BCUT2D eigenvalue weighted by molar-refractivity contribution is -0.138. The molecule has 0 aliphatic carbocycles. The number of hydrogen-bond acceptors (Lipinski definition) is 5. The summed E-state index contributed by atoms with van der Waals surface area (Å²) in [6.07, 6.45) is 0. The predicted octanol–water partition coefficient (Wildman–Crippen LogP) is 3.88. The summed E-state index contributed by atoms with van der Waals surface area (Å²) in [5.74, 6) is -1.05.